The Morgan fingerprint density at radius 2 is 1.18 bits per heavy atom. The zero-order valence-electron chi connectivity index (χ0n) is 36.3. The molecular formula is C31H47Cl3FN14NaO8S3. The first-order valence-electron chi connectivity index (χ1n) is 16.6. The van der Waals surface area contributed by atoms with Gasteiger partial charge in [-0.15, -0.1) is 0 Å². The fraction of sp³-hybridized carbons (Fsp3) is 0.419. The first kappa shape index (κ1) is 61.7. The first-order chi connectivity index (χ1) is 28.5. The van der Waals surface area contributed by atoms with Gasteiger partial charge in [0.25, 0.3) is 0 Å². The van der Waals surface area contributed by atoms with E-state index in [1.807, 2.05) is 6.07 Å². The van der Waals surface area contributed by atoms with Gasteiger partial charge in [0.2, 0.25) is 52.5 Å². The molecule has 61 heavy (non-hydrogen) atoms. The number of anilines is 2. The molecule has 30 heteroatoms. The van der Waals surface area contributed by atoms with Crippen LogP contribution in [0.2, 0.25) is 15.7 Å². The predicted molar refractivity (Wildman–Crippen MR) is 227 cm³/mol. The van der Waals surface area contributed by atoms with Crippen LogP contribution < -0.4 is 48.6 Å². The number of sulfonamides is 3. The molecule has 1 aliphatic rings. The van der Waals surface area contributed by atoms with Crippen LogP contribution in [0.4, 0.5) is 16.3 Å². The molecule has 0 atom stereocenters. The summed E-state index contributed by atoms with van der Waals surface area (Å²) in [6.45, 7) is 2.26. The molecule has 1 fully saturated rings. The molecule has 0 saturated carbocycles. The van der Waals surface area contributed by atoms with E-state index in [4.69, 9.17) is 62.3 Å². The van der Waals surface area contributed by atoms with Crippen molar-refractivity contribution in [2.45, 2.75) is 19.4 Å². The molecule has 5 heterocycles. The van der Waals surface area contributed by atoms with Crippen LogP contribution in [-0.4, -0.2) is 138 Å². The Balaban J connectivity index is -0.000000214. The van der Waals surface area contributed by atoms with Gasteiger partial charge in [-0.3, -0.25) is 4.39 Å². The number of nitrogens with zero attached hydrogens (tertiary/aromatic N) is 12. The fourth-order valence-corrected chi connectivity index (χ4v) is 3.97. The number of hydrogen-bond acceptors (Lipinski definition) is 19. The summed E-state index contributed by atoms with van der Waals surface area (Å²) < 4.78 is 88.7. The Bertz CT molecular complexity index is 2250. The van der Waals surface area contributed by atoms with Gasteiger partial charge < -0.3 is 17.0 Å². The molecule has 0 unspecified atom stereocenters. The molecule has 4 N–H and O–H groups in total. The summed E-state index contributed by atoms with van der Waals surface area (Å²) in [5.41, 5.74) is 6.39. The molecule has 1 aliphatic heterocycles. The Hall–Kier alpha value is -3.61. The van der Waals surface area contributed by atoms with E-state index in [2.05, 4.69) is 44.6 Å². The first-order valence-corrected chi connectivity index (χ1v) is 22.6. The largest absolute Gasteiger partial charge is 1.00 e. The van der Waals surface area contributed by atoms with Gasteiger partial charge in [0.1, 0.15) is 28.7 Å². The van der Waals surface area contributed by atoms with Crippen LogP contribution in [0, 0.1) is 22.7 Å². The standard InChI is InChI=1S/C7H12N4O2S.C7H8N4O2S.C5H2ClN3.C4H2Cl2N2.C4H8O.C2H7NO2S.CH3F.CH4O.Na.H/c2*1-11(14(2,12)13)7-9-4-3-6(5-8)10-7;6-5-8-2-1-4(3-7)9-5;5-3-1-2-7-4(6)8-3;1-2-4-5-3-1;1-3-6(2,4)5;2*1-2;;/h3-4H,5,8H2,1-2H3;3-4H,1-2H3;1-2H;1-2H;1-4H2;3H,1-2H3;1H3;2H,1H3;;/q;;;;;;;;+1;-1/i;;;;;;1D;;;. The van der Waals surface area contributed by atoms with E-state index in [0.29, 0.717) is 10.8 Å². The van der Waals surface area contributed by atoms with E-state index in [1.165, 1.54) is 70.9 Å². The summed E-state index contributed by atoms with van der Waals surface area (Å²) in [5, 5.41) is 24.5. The third-order valence-electron chi connectivity index (χ3n) is 5.76. The minimum Gasteiger partial charge on any atom is -1.00 e. The van der Waals surface area contributed by atoms with Crippen molar-refractivity contribution >= 4 is 76.8 Å². The van der Waals surface area contributed by atoms with Gasteiger partial charge in [-0.05, 0) is 67.4 Å². The smallest absolute Gasteiger partial charge is 1.00 e. The van der Waals surface area contributed by atoms with Gasteiger partial charge in [0.05, 0.1) is 33.0 Å². The van der Waals surface area contributed by atoms with Crippen molar-refractivity contribution in [1.29, 1.82) is 10.5 Å². The average Bonchev–Trinajstić information content (AvgIpc) is 3.82. The average molecular weight is 989 g/mol. The SMILES string of the molecule is C1CCOC1.CN(c1nccc(C#N)n1)S(C)(=O)=O.CN(c1nccc(CN)n1)S(C)(=O)=O.CNS(C)(=O)=O.CO.Clc1ccnc(Cl)n1.N#Cc1ccnc(Cl)n1.[2H]CF.[H-].[Na+]. The maximum atomic E-state index is 11.1. The minimum atomic E-state index is -3.38. The number of rotatable bonds is 6. The van der Waals surface area contributed by atoms with Crippen molar-refractivity contribution in [3.8, 4) is 12.1 Å². The maximum absolute atomic E-state index is 11.1. The second-order valence-corrected chi connectivity index (χ2v) is 17.2. The van der Waals surface area contributed by atoms with Crippen molar-refractivity contribution in [2.24, 2.45) is 5.73 Å². The number of nitriles is 2. The van der Waals surface area contributed by atoms with Crippen LogP contribution in [0.3, 0.4) is 0 Å². The summed E-state index contributed by atoms with van der Waals surface area (Å²) in [6, 6.07) is 9.73. The predicted octanol–water partition coefficient (Wildman–Crippen LogP) is -0.867. The number of hydrogen-bond donors (Lipinski definition) is 3. The summed E-state index contributed by atoms with van der Waals surface area (Å²) in [4.78, 5) is 29.7. The van der Waals surface area contributed by atoms with Crippen LogP contribution in [-0.2, 0) is 41.4 Å². The zero-order valence-corrected chi connectivity index (χ0v) is 41.1. The monoisotopic (exact) mass is 987 g/mol. The fourth-order valence-electron chi connectivity index (χ4n) is 2.73. The third kappa shape index (κ3) is 33.7. The molecule has 0 aromatic carbocycles. The summed E-state index contributed by atoms with van der Waals surface area (Å²) >= 11 is 16.1. The molecule has 4 aromatic rings. The number of aliphatic hydroxyl groups is 1. The number of halogens is 4. The van der Waals surface area contributed by atoms with E-state index < -0.39 is 37.2 Å². The van der Waals surface area contributed by atoms with E-state index in [0.717, 1.165) is 47.7 Å². The van der Waals surface area contributed by atoms with Crippen molar-refractivity contribution < 1.29 is 71.8 Å². The van der Waals surface area contributed by atoms with Gasteiger partial charge in [0.15, 0.2) is 0 Å². The summed E-state index contributed by atoms with van der Waals surface area (Å²) in [6.07, 6.45) is 11.5. The molecule has 336 valence electrons. The van der Waals surface area contributed by atoms with E-state index in [1.54, 1.807) is 18.2 Å². The molecule has 0 spiro atoms. The molecule has 1 saturated heterocycles. The third-order valence-corrected chi connectivity index (χ3v) is 9.39. The van der Waals surface area contributed by atoms with Crippen LogP contribution in [0.5, 0.6) is 0 Å². The minimum absolute atomic E-state index is 0. The Labute approximate surface area is 396 Å². The van der Waals surface area contributed by atoms with Gasteiger partial charge in [0, 0.05) is 65.8 Å². The van der Waals surface area contributed by atoms with Crippen LogP contribution in [0.25, 0.3) is 0 Å². The second kappa shape index (κ2) is 35.9. The molecule has 0 aliphatic carbocycles. The number of alkyl halides is 1. The molecule has 5 rings (SSSR count). The van der Waals surface area contributed by atoms with Crippen LogP contribution in [0.15, 0.2) is 49.1 Å². The van der Waals surface area contributed by atoms with E-state index >= 15 is 0 Å². The van der Waals surface area contributed by atoms with Crippen molar-refractivity contribution in [2.75, 3.05) is 76.0 Å². The summed E-state index contributed by atoms with van der Waals surface area (Å²) in [5.74, 6) is 0.127. The second-order valence-electron chi connectivity index (χ2n) is 10.1. The number of aromatic nitrogens is 8. The van der Waals surface area contributed by atoms with Crippen molar-refractivity contribution in [3.05, 3.63) is 81.9 Å². The molecule has 0 amide bonds. The number of nitrogens with two attached hydrogens (primary N) is 1. The molecule has 4 aromatic heterocycles. The van der Waals surface area contributed by atoms with E-state index in [-0.39, 0.29) is 71.4 Å². The van der Waals surface area contributed by atoms with Crippen molar-refractivity contribution in [1.82, 2.24) is 44.6 Å². The Morgan fingerprint density at radius 3 is 1.48 bits per heavy atom. The summed E-state index contributed by atoms with van der Waals surface area (Å²) in [7, 11) is -5.52. The zero-order chi connectivity index (χ0) is 47.7. The molecule has 0 radical (unpaired) electrons. The molecule has 22 nitrogen and oxygen atoms in total. The van der Waals surface area contributed by atoms with E-state index in [9.17, 15) is 29.6 Å². The molecule has 0 bridgehead atoms. The maximum Gasteiger partial charge on any atom is 1.00 e. The number of ether oxygens (including phenoxy) is 1. The normalized spacial score (nSPS) is 11.0. The molecular weight excluding hydrogens is 941 g/mol. The van der Waals surface area contributed by atoms with Gasteiger partial charge >= 0.3 is 29.6 Å². The Morgan fingerprint density at radius 1 is 0.803 bits per heavy atom. The van der Waals surface area contributed by atoms with Gasteiger partial charge in [-0.1, -0.05) is 11.6 Å². The number of aliphatic hydroxyl groups excluding tert-OH is 1. The van der Waals surface area contributed by atoms with Crippen LogP contribution in [0.1, 0.15) is 32.7 Å². The quantitative estimate of drug-likeness (QED) is 0.120. The Kier molecular flexibility index (Phi) is 36.3. The number of nitrogens with one attached hydrogen (secondary N) is 1. The van der Waals surface area contributed by atoms with Crippen molar-refractivity contribution in [3.63, 3.8) is 0 Å². The van der Waals surface area contributed by atoms with Crippen LogP contribution >= 0.6 is 34.8 Å². The topological polar surface area (TPSA) is 327 Å². The van der Waals surface area contributed by atoms with Gasteiger partial charge in [-0.2, -0.15) is 10.5 Å². The van der Waals surface area contributed by atoms with Gasteiger partial charge in [-0.25, -0.2) is 78.5 Å².